The summed E-state index contributed by atoms with van der Waals surface area (Å²) in [5, 5.41) is 3.02. The second-order valence-electron chi connectivity index (χ2n) is 6.26. The molecule has 0 bridgehead atoms. The molecule has 3 rings (SSSR count). The Kier molecular flexibility index (Phi) is 5.04. The van der Waals surface area contributed by atoms with Crippen LogP contribution in [0, 0.1) is 17.8 Å². The van der Waals surface area contributed by atoms with Crippen LogP contribution in [0.3, 0.4) is 0 Å². The van der Waals surface area contributed by atoms with E-state index in [9.17, 15) is 4.79 Å². The molecular weight excluding hydrogens is 272 g/mol. The van der Waals surface area contributed by atoms with Gasteiger partial charge in [0.2, 0.25) is 5.91 Å². The third-order valence-corrected chi connectivity index (χ3v) is 4.73. The van der Waals surface area contributed by atoms with Gasteiger partial charge in [0.05, 0.1) is 11.9 Å². The molecule has 1 fully saturated rings. The van der Waals surface area contributed by atoms with Crippen molar-refractivity contribution >= 4 is 11.6 Å². The van der Waals surface area contributed by atoms with E-state index in [1.165, 1.54) is 0 Å². The van der Waals surface area contributed by atoms with Gasteiger partial charge in [0.15, 0.2) is 0 Å². The number of carbonyl (C=O) groups excluding carboxylic acids is 1. The van der Waals surface area contributed by atoms with Crippen LogP contribution < -0.4 is 5.32 Å². The first kappa shape index (κ1) is 15.0. The highest BCUT2D eigenvalue weighted by Gasteiger charge is 2.52. The summed E-state index contributed by atoms with van der Waals surface area (Å²) in [5.74, 6) is 1.46. The maximum atomic E-state index is 12.5. The van der Waals surface area contributed by atoms with E-state index in [0.29, 0.717) is 11.8 Å². The van der Waals surface area contributed by atoms with E-state index in [1.807, 2.05) is 12.1 Å². The quantitative estimate of drug-likeness (QED) is 0.824. The van der Waals surface area contributed by atoms with E-state index < -0.39 is 0 Å². The zero-order chi connectivity index (χ0) is 15.2. The molecule has 1 aromatic heterocycles. The van der Waals surface area contributed by atoms with Crippen LogP contribution in [0.5, 0.6) is 0 Å². The summed E-state index contributed by atoms with van der Waals surface area (Å²) >= 11 is 0. The lowest BCUT2D eigenvalue weighted by Crippen LogP contribution is -2.15. The van der Waals surface area contributed by atoms with Gasteiger partial charge in [-0.05, 0) is 62.5 Å². The van der Waals surface area contributed by atoms with Crippen molar-refractivity contribution in [3.8, 4) is 0 Å². The Labute approximate surface area is 132 Å². The molecule has 0 radical (unpaired) electrons. The molecule has 1 N–H and O–H groups in total. The Morgan fingerprint density at radius 2 is 1.64 bits per heavy atom. The third-order valence-electron chi connectivity index (χ3n) is 4.73. The fraction of sp³-hybridized carbons (Fsp3) is 0.474. The number of hydrogen-bond donors (Lipinski definition) is 1. The van der Waals surface area contributed by atoms with Crippen LogP contribution in [0.2, 0.25) is 0 Å². The Balaban J connectivity index is 1.60. The van der Waals surface area contributed by atoms with Gasteiger partial charge in [-0.2, -0.15) is 0 Å². The summed E-state index contributed by atoms with van der Waals surface area (Å²) in [5.41, 5.74) is 0.801. The zero-order valence-electron chi connectivity index (χ0n) is 12.9. The van der Waals surface area contributed by atoms with Crippen LogP contribution in [0.4, 0.5) is 5.69 Å². The molecule has 2 atom stereocenters. The number of fused-ring (bicyclic) bond motifs is 1. The molecule has 3 nitrogen and oxygen atoms in total. The number of nitrogens with one attached hydrogen (secondary N) is 1. The van der Waals surface area contributed by atoms with Gasteiger partial charge in [0, 0.05) is 12.1 Å². The summed E-state index contributed by atoms with van der Waals surface area (Å²) in [6.45, 7) is 0. The Bertz CT molecular complexity index is 526. The van der Waals surface area contributed by atoms with Crippen LogP contribution in [0.15, 0.2) is 48.8 Å². The highest BCUT2D eigenvalue weighted by molar-refractivity contribution is 5.94. The average Bonchev–Trinajstić information content (AvgIpc) is 3.21. The van der Waals surface area contributed by atoms with Crippen molar-refractivity contribution in [2.24, 2.45) is 17.8 Å². The van der Waals surface area contributed by atoms with Crippen LogP contribution in [0.25, 0.3) is 0 Å². The number of carbonyl (C=O) groups is 1. The lowest BCUT2D eigenvalue weighted by molar-refractivity contribution is -0.117. The number of anilines is 1. The molecule has 0 spiro atoms. The van der Waals surface area contributed by atoms with Gasteiger partial charge < -0.3 is 5.32 Å². The summed E-state index contributed by atoms with van der Waals surface area (Å²) in [6, 6.07) is 3.74. The Morgan fingerprint density at radius 1 is 1.00 bits per heavy atom. The molecule has 2 aliphatic carbocycles. The normalized spacial score (nSPS) is 28.1. The molecular formula is C19H24N2O. The van der Waals surface area contributed by atoms with Crippen molar-refractivity contribution in [1.29, 1.82) is 0 Å². The first-order chi connectivity index (χ1) is 10.9. The van der Waals surface area contributed by atoms with E-state index in [4.69, 9.17) is 0 Å². The molecule has 1 heterocycles. The summed E-state index contributed by atoms with van der Waals surface area (Å²) in [4.78, 5) is 16.5. The molecule has 0 saturated heterocycles. The second kappa shape index (κ2) is 7.39. The molecule has 0 unspecified atom stereocenters. The predicted molar refractivity (Wildman–Crippen MR) is 89.3 cm³/mol. The fourth-order valence-corrected chi connectivity index (χ4v) is 3.52. The maximum Gasteiger partial charge on any atom is 0.228 e. The van der Waals surface area contributed by atoms with Crippen molar-refractivity contribution in [1.82, 2.24) is 4.98 Å². The molecule has 2 aliphatic rings. The fourth-order valence-electron chi connectivity index (χ4n) is 3.52. The Hall–Kier alpha value is -1.90. The highest BCUT2D eigenvalue weighted by atomic mass is 16.2. The van der Waals surface area contributed by atoms with Crippen molar-refractivity contribution in [2.75, 3.05) is 5.32 Å². The third kappa shape index (κ3) is 3.85. The molecule has 0 aromatic carbocycles. The van der Waals surface area contributed by atoms with Gasteiger partial charge in [-0.1, -0.05) is 24.3 Å². The summed E-state index contributed by atoms with van der Waals surface area (Å²) < 4.78 is 0. The zero-order valence-corrected chi connectivity index (χ0v) is 12.9. The van der Waals surface area contributed by atoms with Gasteiger partial charge in [0.1, 0.15) is 0 Å². The van der Waals surface area contributed by atoms with E-state index in [1.54, 1.807) is 12.4 Å². The monoisotopic (exact) mass is 296 g/mol. The first-order valence-electron chi connectivity index (χ1n) is 8.37. The lowest BCUT2D eigenvalue weighted by Gasteiger charge is -2.03. The van der Waals surface area contributed by atoms with Crippen LogP contribution in [0.1, 0.15) is 38.5 Å². The number of aromatic nitrogens is 1. The SMILES string of the molecule is O=C(Nc1cccnc1)C1[C@@H]2CCC=CCCC=CCC[C@@H]12. The number of allylic oxidation sites excluding steroid dienone is 4. The number of amides is 1. The van der Waals surface area contributed by atoms with Gasteiger partial charge in [-0.3, -0.25) is 9.78 Å². The molecule has 1 saturated carbocycles. The number of nitrogens with zero attached hydrogens (tertiary/aromatic N) is 1. The summed E-state index contributed by atoms with van der Waals surface area (Å²) in [6.07, 6.45) is 19.3. The van der Waals surface area contributed by atoms with E-state index in [2.05, 4.69) is 34.6 Å². The maximum absolute atomic E-state index is 12.5. The minimum atomic E-state index is 0.172. The largest absolute Gasteiger partial charge is 0.324 e. The van der Waals surface area contributed by atoms with Crippen molar-refractivity contribution in [2.45, 2.75) is 38.5 Å². The number of pyridine rings is 1. The number of hydrogen-bond acceptors (Lipinski definition) is 2. The molecule has 116 valence electrons. The minimum absolute atomic E-state index is 0.172. The minimum Gasteiger partial charge on any atom is -0.324 e. The van der Waals surface area contributed by atoms with Gasteiger partial charge in [0.25, 0.3) is 0 Å². The van der Waals surface area contributed by atoms with Crippen LogP contribution >= 0.6 is 0 Å². The molecule has 0 aliphatic heterocycles. The smallest absolute Gasteiger partial charge is 0.228 e. The van der Waals surface area contributed by atoms with Gasteiger partial charge >= 0.3 is 0 Å². The van der Waals surface area contributed by atoms with Gasteiger partial charge in [-0.25, -0.2) is 0 Å². The van der Waals surface area contributed by atoms with Crippen molar-refractivity contribution in [3.63, 3.8) is 0 Å². The van der Waals surface area contributed by atoms with E-state index in [-0.39, 0.29) is 11.8 Å². The molecule has 3 heteroatoms. The lowest BCUT2D eigenvalue weighted by atomic mass is 10.1. The van der Waals surface area contributed by atoms with Crippen LogP contribution in [-0.2, 0) is 4.79 Å². The average molecular weight is 296 g/mol. The Morgan fingerprint density at radius 3 is 2.23 bits per heavy atom. The predicted octanol–water partition coefficient (Wildman–Crippen LogP) is 4.35. The highest BCUT2D eigenvalue weighted by Crippen LogP contribution is 2.52. The summed E-state index contributed by atoms with van der Waals surface area (Å²) in [7, 11) is 0. The standard InChI is InChI=1S/C19H24N2O/c22-19(21-15-10-9-13-20-14-15)18-16-11-7-5-3-1-2-4-6-8-12-17(16)18/h3-6,9-10,13-14,16-18H,1-2,7-8,11-12H2,(H,21,22)/t16-,17-,18?/m1/s1. The van der Waals surface area contributed by atoms with Crippen molar-refractivity contribution < 1.29 is 4.79 Å². The topological polar surface area (TPSA) is 42.0 Å². The number of rotatable bonds is 2. The van der Waals surface area contributed by atoms with Crippen LogP contribution in [-0.4, -0.2) is 10.9 Å². The molecule has 1 amide bonds. The van der Waals surface area contributed by atoms with E-state index in [0.717, 1.165) is 44.2 Å². The molecule has 22 heavy (non-hydrogen) atoms. The van der Waals surface area contributed by atoms with E-state index >= 15 is 0 Å². The molecule has 1 aromatic rings. The first-order valence-corrected chi connectivity index (χ1v) is 8.37. The van der Waals surface area contributed by atoms with Gasteiger partial charge in [-0.15, -0.1) is 0 Å². The second-order valence-corrected chi connectivity index (χ2v) is 6.26. The van der Waals surface area contributed by atoms with Crippen molar-refractivity contribution in [3.05, 3.63) is 48.8 Å².